The molecule has 0 bridgehead atoms. The van der Waals surface area contributed by atoms with Crippen LogP contribution in [0.4, 0.5) is 0 Å². The van der Waals surface area contributed by atoms with Crippen LogP contribution in [0.15, 0.2) is 41.5 Å². The average Bonchev–Trinajstić information content (AvgIpc) is 2.62. The van der Waals surface area contributed by atoms with E-state index in [1.54, 1.807) is 36.4 Å². The Morgan fingerprint density at radius 3 is 2.33 bits per heavy atom. The first-order chi connectivity index (χ1) is 11.6. The highest BCUT2D eigenvalue weighted by molar-refractivity contribution is 5.95. The number of nitrogens with one attached hydrogen (secondary N) is 1. The summed E-state index contributed by atoms with van der Waals surface area (Å²) in [5.41, 5.74) is 3.43. The molecule has 0 heterocycles. The van der Waals surface area contributed by atoms with E-state index >= 15 is 0 Å². The standard InChI is InChI=1S/C17H18N2O5/c1-22-13-6-4-5-12(9-13)17(21)19-18-10-11-7-14(23-2)16(20)15(8-11)24-3/h4-10,20H,1-3H3,(H,19,21). The van der Waals surface area contributed by atoms with Gasteiger partial charge in [-0.2, -0.15) is 5.10 Å². The smallest absolute Gasteiger partial charge is 0.271 e. The van der Waals surface area contributed by atoms with Crippen LogP contribution in [-0.2, 0) is 0 Å². The fourth-order valence-electron chi connectivity index (χ4n) is 1.98. The monoisotopic (exact) mass is 330 g/mol. The highest BCUT2D eigenvalue weighted by atomic mass is 16.5. The fraction of sp³-hybridized carbons (Fsp3) is 0.176. The SMILES string of the molecule is COc1cccc(C(=O)NN=Cc2cc(OC)c(O)c(OC)c2)c1. The highest BCUT2D eigenvalue weighted by Crippen LogP contribution is 2.36. The van der Waals surface area contributed by atoms with Crippen molar-refractivity contribution in [2.75, 3.05) is 21.3 Å². The third-order valence-electron chi connectivity index (χ3n) is 3.21. The van der Waals surface area contributed by atoms with E-state index in [0.29, 0.717) is 16.9 Å². The quantitative estimate of drug-likeness (QED) is 0.626. The van der Waals surface area contributed by atoms with Crippen LogP contribution in [0.5, 0.6) is 23.0 Å². The normalized spacial score (nSPS) is 10.5. The Bertz CT molecular complexity index is 733. The zero-order valence-electron chi connectivity index (χ0n) is 13.6. The van der Waals surface area contributed by atoms with Crippen molar-refractivity contribution in [3.63, 3.8) is 0 Å². The maximum absolute atomic E-state index is 12.0. The van der Waals surface area contributed by atoms with Gasteiger partial charge in [0.25, 0.3) is 5.91 Å². The number of benzene rings is 2. The second-order valence-corrected chi connectivity index (χ2v) is 4.71. The van der Waals surface area contributed by atoms with Crippen molar-refractivity contribution in [2.45, 2.75) is 0 Å². The predicted octanol–water partition coefficient (Wildman–Crippen LogP) is 2.18. The van der Waals surface area contributed by atoms with Gasteiger partial charge in [-0.1, -0.05) is 6.07 Å². The van der Waals surface area contributed by atoms with Crippen LogP contribution in [0.2, 0.25) is 0 Å². The molecule has 2 aromatic rings. The minimum absolute atomic E-state index is 0.0995. The third-order valence-corrected chi connectivity index (χ3v) is 3.21. The Kier molecular flexibility index (Phi) is 5.62. The van der Waals surface area contributed by atoms with Crippen LogP contribution in [0, 0.1) is 0 Å². The molecule has 126 valence electrons. The van der Waals surface area contributed by atoms with Gasteiger partial charge in [0.1, 0.15) is 5.75 Å². The van der Waals surface area contributed by atoms with Gasteiger partial charge in [-0.15, -0.1) is 0 Å². The van der Waals surface area contributed by atoms with Crippen molar-refractivity contribution in [1.82, 2.24) is 5.43 Å². The fourth-order valence-corrected chi connectivity index (χ4v) is 1.98. The molecule has 0 spiro atoms. The van der Waals surface area contributed by atoms with Crippen molar-refractivity contribution in [1.29, 1.82) is 0 Å². The summed E-state index contributed by atoms with van der Waals surface area (Å²) in [4.78, 5) is 12.0. The lowest BCUT2D eigenvalue weighted by Crippen LogP contribution is -2.17. The number of carbonyl (C=O) groups is 1. The zero-order chi connectivity index (χ0) is 17.5. The van der Waals surface area contributed by atoms with Gasteiger partial charge in [0.2, 0.25) is 5.75 Å². The summed E-state index contributed by atoms with van der Waals surface area (Å²) in [6, 6.07) is 9.86. The Hall–Kier alpha value is -3.22. The number of methoxy groups -OCH3 is 3. The lowest BCUT2D eigenvalue weighted by atomic mass is 10.2. The topological polar surface area (TPSA) is 89.4 Å². The Labute approximate surface area is 139 Å². The molecular formula is C17H18N2O5. The Morgan fingerprint density at radius 2 is 1.75 bits per heavy atom. The number of hydrogen-bond acceptors (Lipinski definition) is 6. The maximum atomic E-state index is 12.0. The molecule has 2 rings (SSSR count). The van der Waals surface area contributed by atoms with Gasteiger partial charge in [0.15, 0.2) is 11.5 Å². The predicted molar refractivity (Wildman–Crippen MR) is 89.3 cm³/mol. The van der Waals surface area contributed by atoms with E-state index in [-0.39, 0.29) is 23.2 Å². The van der Waals surface area contributed by atoms with Crippen LogP contribution >= 0.6 is 0 Å². The number of ether oxygens (including phenoxy) is 3. The Balaban J connectivity index is 2.12. The molecule has 0 fully saturated rings. The summed E-state index contributed by atoms with van der Waals surface area (Å²) in [6.45, 7) is 0. The van der Waals surface area contributed by atoms with E-state index < -0.39 is 0 Å². The molecule has 7 nitrogen and oxygen atoms in total. The third kappa shape index (κ3) is 3.95. The first-order valence-electron chi connectivity index (χ1n) is 7.01. The van der Waals surface area contributed by atoms with E-state index in [1.807, 2.05) is 0 Å². The lowest BCUT2D eigenvalue weighted by Gasteiger charge is -2.09. The molecule has 0 atom stereocenters. The summed E-state index contributed by atoms with van der Waals surface area (Å²) in [5.74, 6) is 0.602. The molecule has 0 saturated carbocycles. The minimum Gasteiger partial charge on any atom is -0.502 e. The number of rotatable bonds is 6. The van der Waals surface area contributed by atoms with Gasteiger partial charge >= 0.3 is 0 Å². The summed E-state index contributed by atoms with van der Waals surface area (Å²) >= 11 is 0. The molecule has 0 radical (unpaired) electrons. The molecule has 0 aliphatic rings. The summed E-state index contributed by atoms with van der Waals surface area (Å²) in [6.07, 6.45) is 1.42. The molecule has 0 unspecified atom stereocenters. The molecule has 0 saturated heterocycles. The van der Waals surface area contributed by atoms with Gasteiger partial charge in [-0.05, 0) is 30.3 Å². The minimum atomic E-state index is -0.372. The second-order valence-electron chi connectivity index (χ2n) is 4.71. The molecular weight excluding hydrogens is 312 g/mol. The van der Waals surface area contributed by atoms with Gasteiger partial charge in [0, 0.05) is 11.1 Å². The average molecular weight is 330 g/mol. The molecule has 2 aromatic carbocycles. The number of phenols is 1. The van der Waals surface area contributed by atoms with Crippen LogP contribution in [-0.4, -0.2) is 38.6 Å². The largest absolute Gasteiger partial charge is 0.502 e. The molecule has 7 heteroatoms. The van der Waals surface area contributed by atoms with E-state index in [4.69, 9.17) is 14.2 Å². The molecule has 2 N–H and O–H groups in total. The van der Waals surface area contributed by atoms with Gasteiger partial charge in [0.05, 0.1) is 27.5 Å². The molecule has 0 aliphatic carbocycles. The van der Waals surface area contributed by atoms with Crippen LogP contribution < -0.4 is 19.6 Å². The maximum Gasteiger partial charge on any atom is 0.271 e. The van der Waals surface area contributed by atoms with Gasteiger partial charge in [-0.3, -0.25) is 4.79 Å². The first-order valence-corrected chi connectivity index (χ1v) is 7.01. The van der Waals surface area contributed by atoms with Crippen molar-refractivity contribution >= 4 is 12.1 Å². The summed E-state index contributed by atoms with van der Waals surface area (Å²) in [7, 11) is 4.39. The molecule has 1 amide bonds. The second kappa shape index (κ2) is 7.87. The molecule has 0 aliphatic heterocycles. The highest BCUT2D eigenvalue weighted by Gasteiger charge is 2.10. The number of carbonyl (C=O) groups excluding carboxylic acids is 1. The molecule has 24 heavy (non-hydrogen) atoms. The Morgan fingerprint density at radius 1 is 1.08 bits per heavy atom. The van der Waals surface area contributed by atoms with Crippen LogP contribution in [0.1, 0.15) is 15.9 Å². The van der Waals surface area contributed by atoms with Crippen molar-refractivity contribution in [3.8, 4) is 23.0 Å². The number of amides is 1. The van der Waals surface area contributed by atoms with Crippen molar-refractivity contribution < 1.29 is 24.1 Å². The number of phenolic OH excluding ortho intramolecular Hbond substituents is 1. The number of nitrogens with zero attached hydrogens (tertiary/aromatic N) is 1. The lowest BCUT2D eigenvalue weighted by molar-refractivity contribution is 0.0955. The zero-order valence-corrected chi connectivity index (χ0v) is 13.6. The van der Waals surface area contributed by atoms with Crippen molar-refractivity contribution in [3.05, 3.63) is 47.5 Å². The van der Waals surface area contributed by atoms with Gasteiger partial charge in [-0.25, -0.2) is 5.43 Å². The van der Waals surface area contributed by atoms with Crippen LogP contribution in [0.3, 0.4) is 0 Å². The van der Waals surface area contributed by atoms with E-state index in [9.17, 15) is 9.90 Å². The van der Waals surface area contributed by atoms with E-state index in [1.165, 1.54) is 27.5 Å². The number of hydrazone groups is 1. The number of aromatic hydroxyl groups is 1. The van der Waals surface area contributed by atoms with Crippen molar-refractivity contribution in [2.24, 2.45) is 5.10 Å². The van der Waals surface area contributed by atoms with Gasteiger partial charge < -0.3 is 19.3 Å². The first kappa shape index (κ1) is 17.1. The number of hydrogen-bond donors (Lipinski definition) is 2. The summed E-state index contributed by atoms with van der Waals surface area (Å²) in [5, 5.41) is 13.7. The molecule has 0 aromatic heterocycles. The van der Waals surface area contributed by atoms with Crippen LogP contribution in [0.25, 0.3) is 0 Å². The van der Waals surface area contributed by atoms with E-state index in [2.05, 4.69) is 10.5 Å². The summed E-state index contributed by atoms with van der Waals surface area (Å²) < 4.78 is 15.2. The van der Waals surface area contributed by atoms with E-state index in [0.717, 1.165) is 0 Å².